The second kappa shape index (κ2) is 7.03. The van der Waals surface area contributed by atoms with Crippen molar-refractivity contribution in [3.05, 3.63) is 43.8 Å². The van der Waals surface area contributed by atoms with Gasteiger partial charge in [0.1, 0.15) is 17.4 Å². The SMILES string of the molecule is Cc1csc([C@H](C#N)C(=O)COc2ccc(Br)cc2Cl)n1. The molecule has 2 aromatic rings. The molecule has 1 aromatic heterocycles. The topological polar surface area (TPSA) is 63.0 Å². The zero-order valence-electron chi connectivity index (χ0n) is 11.0. The zero-order valence-corrected chi connectivity index (χ0v) is 14.1. The molecule has 1 aromatic carbocycles. The van der Waals surface area contributed by atoms with Crippen LogP contribution in [0.2, 0.25) is 5.02 Å². The molecule has 1 atom stereocenters. The number of Topliss-reactive ketones (excluding diaryl/α,β-unsaturated/α-hetero) is 1. The zero-order chi connectivity index (χ0) is 15.4. The monoisotopic (exact) mass is 384 g/mol. The van der Waals surface area contributed by atoms with Crippen LogP contribution in [-0.4, -0.2) is 17.4 Å². The van der Waals surface area contributed by atoms with Crippen molar-refractivity contribution in [2.45, 2.75) is 12.8 Å². The van der Waals surface area contributed by atoms with E-state index in [4.69, 9.17) is 21.6 Å². The van der Waals surface area contributed by atoms with Crippen molar-refractivity contribution >= 4 is 44.7 Å². The third-order valence-electron chi connectivity index (χ3n) is 2.60. The van der Waals surface area contributed by atoms with Crippen LogP contribution in [0.4, 0.5) is 0 Å². The minimum absolute atomic E-state index is 0.224. The van der Waals surface area contributed by atoms with Crippen molar-refractivity contribution in [1.29, 1.82) is 5.26 Å². The molecule has 0 radical (unpaired) electrons. The number of aromatic nitrogens is 1. The Morgan fingerprint density at radius 2 is 2.38 bits per heavy atom. The summed E-state index contributed by atoms with van der Waals surface area (Å²) in [6.45, 7) is 1.59. The van der Waals surface area contributed by atoms with E-state index in [1.807, 2.05) is 13.0 Å². The molecule has 0 spiro atoms. The van der Waals surface area contributed by atoms with E-state index in [-0.39, 0.29) is 12.4 Å². The fraction of sp³-hybridized carbons (Fsp3) is 0.214. The Morgan fingerprint density at radius 1 is 1.62 bits per heavy atom. The van der Waals surface area contributed by atoms with Crippen LogP contribution in [0.3, 0.4) is 0 Å². The molecule has 0 amide bonds. The van der Waals surface area contributed by atoms with Crippen LogP contribution in [0.5, 0.6) is 5.75 Å². The number of carbonyl (C=O) groups is 1. The minimum atomic E-state index is -0.905. The van der Waals surface area contributed by atoms with E-state index >= 15 is 0 Å². The maximum Gasteiger partial charge on any atom is 0.194 e. The predicted molar refractivity (Wildman–Crippen MR) is 84.9 cm³/mol. The highest BCUT2D eigenvalue weighted by molar-refractivity contribution is 9.10. The molecule has 21 heavy (non-hydrogen) atoms. The summed E-state index contributed by atoms with van der Waals surface area (Å²) < 4.78 is 6.21. The Kier molecular flexibility index (Phi) is 5.34. The van der Waals surface area contributed by atoms with E-state index in [2.05, 4.69) is 20.9 Å². The number of hydrogen-bond donors (Lipinski definition) is 0. The van der Waals surface area contributed by atoms with Crippen LogP contribution < -0.4 is 4.74 Å². The Hall–Kier alpha value is -1.42. The molecular weight excluding hydrogens is 376 g/mol. The number of rotatable bonds is 5. The van der Waals surface area contributed by atoms with Gasteiger partial charge >= 0.3 is 0 Å². The van der Waals surface area contributed by atoms with Gasteiger partial charge < -0.3 is 4.74 Å². The average molecular weight is 386 g/mol. The highest BCUT2D eigenvalue weighted by atomic mass is 79.9. The summed E-state index contributed by atoms with van der Waals surface area (Å²) in [6, 6.07) is 7.07. The van der Waals surface area contributed by atoms with Gasteiger partial charge in [0.2, 0.25) is 0 Å². The maximum absolute atomic E-state index is 12.1. The summed E-state index contributed by atoms with van der Waals surface area (Å²) >= 11 is 10.6. The van der Waals surface area contributed by atoms with Crippen LogP contribution in [-0.2, 0) is 4.79 Å². The lowest BCUT2D eigenvalue weighted by Crippen LogP contribution is -2.19. The number of carbonyl (C=O) groups excluding carboxylic acids is 1. The van der Waals surface area contributed by atoms with Gasteiger partial charge in [-0.1, -0.05) is 27.5 Å². The molecule has 0 aliphatic carbocycles. The van der Waals surface area contributed by atoms with Gasteiger partial charge in [-0.15, -0.1) is 11.3 Å². The first-order chi connectivity index (χ1) is 10.0. The molecule has 7 heteroatoms. The highest BCUT2D eigenvalue weighted by Crippen LogP contribution is 2.28. The van der Waals surface area contributed by atoms with Gasteiger partial charge in [-0.05, 0) is 25.1 Å². The van der Waals surface area contributed by atoms with Gasteiger partial charge in [0.05, 0.1) is 11.1 Å². The number of ketones is 1. The van der Waals surface area contributed by atoms with E-state index in [9.17, 15) is 4.79 Å². The average Bonchev–Trinajstić information content (AvgIpc) is 2.85. The molecule has 0 aliphatic rings. The fourth-order valence-corrected chi connectivity index (χ4v) is 3.18. The summed E-state index contributed by atoms with van der Waals surface area (Å²) in [5.74, 6) is -0.844. The van der Waals surface area contributed by atoms with Crippen molar-refractivity contribution in [1.82, 2.24) is 4.98 Å². The Balaban J connectivity index is 2.05. The van der Waals surface area contributed by atoms with E-state index in [1.165, 1.54) is 11.3 Å². The number of thiazole rings is 1. The molecule has 0 aliphatic heterocycles. The largest absolute Gasteiger partial charge is 0.484 e. The third kappa shape index (κ3) is 4.03. The standard InChI is InChI=1S/C14H10BrClN2O2S/c1-8-7-21-14(18-8)10(5-17)12(19)6-20-13-3-2-9(15)4-11(13)16/h2-4,7,10H,6H2,1H3/t10-/m1/s1. The van der Waals surface area contributed by atoms with Crippen molar-refractivity contribution in [3.8, 4) is 11.8 Å². The minimum Gasteiger partial charge on any atom is -0.484 e. The number of aryl methyl sites for hydroxylation is 1. The van der Waals surface area contributed by atoms with Crippen molar-refractivity contribution in [3.63, 3.8) is 0 Å². The van der Waals surface area contributed by atoms with E-state index < -0.39 is 5.92 Å². The molecule has 0 saturated heterocycles. The first-order valence-electron chi connectivity index (χ1n) is 5.93. The summed E-state index contributed by atoms with van der Waals surface area (Å²) in [5.41, 5.74) is 0.792. The van der Waals surface area contributed by atoms with Gasteiger partial charge in [-0.2, -0.15) is 5.26 Å². The quantitative estimate of drug-likeness (QED) is 0.776. The molecule has 0 unspecified atom stereocenters. The van der Waals surface area contributed by atoms with Crippen molar-refractivity contribution in [2.24, 2.45) is 0 Å². The van der Waals surface area contributed by atoms with Crippen LogP contribution >= 0.6 is 38.9 Å². The Bertz CT molecular complexity index is 711. The summed E-state index contributed by atoms with van der Waals surface area (Å²) in [7, 11) is 0. The molecule has 4 nitrogen and oxygen atoms in total. The Morgan fingerprint density at radius 3 is 2.95 bits per heavy atom. The molecule has 0 saturated carbocycles. The van der Waals surface area contributed by atoms with Gasteiger partial charge in [-0.25, -0.2) is 4.98 Å². The summed E-state index contributed by atoms with van der Waals surface area (Å²) in [6.07, 6.45) is 0. The normalized spacial score (nSPS) is 11.7. The summed E-state index contributed by atoms with van der Waals surface area (Å²) in [4.78, 5) is 16.3. The maximum atomic E-state index is 12.1. The molecule has 0 N–H and O–H groups in total. The van der Waals surface area contributed by atoms with Gasteiger partial charge in [0, 0.05) is 15.5 Å². The lowest BCUT2D eigenvalue weighted by Gasteiger charge is -2.09. The first kappa shape index (κ1) is 16.0. The molecule has 0 bridgehead atoms. The lowest BCUT2D eigenvalue weighted by atomic mass is 10.1. The number of halogens is 2. The van der Waals surface area contributed by atoms with E-state index in [0.717, 1.165) is 10.2 Å². The molecule has 0 fully saturated rings. The van der Waals surface area contributed by atoms with Crippen LogP contribution in [0.15, 0.2) is 28.1 Å². The Labute approximate surface area is 139 Å². The van der Waals surface area contributed by atoms with E-state index in [1.54, 1.807) is 23.6 Å². The summed E-state index contributed by atoms with van der Waals surface area (Å²) in [5, 5.41) is 11.9. The van der Waals surface area contributed by atoms with Crippen LogP contribution in [0, 0.1) is 18.3 Å². The van der Waals surface area contributed by atoms with Gasteiger partial charge in [0.15, 0.2) is 11.7 Å². The lowest BCUT2D eigenvalue weighted by molar-refractivity contribution is -0.121. The number of nitriles is 1. The second-order valence-electron chi connectivity index (χ2n) is 4.22. The van der Waals surface area contributed by atoms with Crippen LogP contribution in [0.25, 0.3) is 0 Å². The van der Waals surface area contributed by atoms with E-state index in [0.29, 0.717) is 15.8 Å². The second-order valence-corrected chi connectivity index (χ2v) is 6.43. The predicted octanol–water partition coefficient (Wildman–Crippen LogP) is 4.12. The third-order valence-corrected chi connectivity index (χ3v) is 4.41. The first-order valence-corrected chi connectivity index (χ1v) is 7.98. The molecule has 2 rings (SSSR count). The van der Waals surface area contributed by atoms with Crippen molar-refractivity contribution in [2.75, 3.05) is 6.61 Å². The number of benzene rings is 1. The smallest absolute Gasteiger partial charge is 0.194 e. The molecule has 1 heterocycles. The number of hydrogen-bond acceptors (Lipinski definition) is 5. The highest BCUT2D eigenvalue weighted by Gasteiger charge is 2.24. The molecule has 108 valence electrons. The van der Waals surface area contributed by atoms with Gasteiger partial charge in [0.25, 0.3) is 0 Å². The molecular formula is C14H10BrClN2O2S. The number of ether oxygens (including phenoxy) is 1. The van der Waals surface area contributed by atoms with Crippen molar-refractivity contribution < 1.29 is 9.53 Å². The number of nitrogens with zero attached hydrogens (tertiary/aromatic N) is 2. The van der Waals surface area contributed by atoms with Gasteiger partial charge in [-0.3, -0.25) is 4.79 Å². The van der Waals surface area contributed by atoms with Crippen LogP contribution in [0.1, 0.15) is 16.6 Å². The fourth-order valence-electron chi connectivity index (χ4n) is 1.59.